The lowest BCUT2D eigenvalue weighted by Crippen LogP contribution is -2.37. The number of aromatic nitrogens is 3. The molecule has 0 radical (unpaired) electrons. The van der Waals surface area contributed by atoms with Gasteiger partial charge in [-0.05, 0) is 53.3 Å². The lowest BCUT2D eigenvalue weighted by Gasteiger charge is -2.19. The molecular formula is C32H31F4N5O2. The Kier molecular flexibility index (Phi) is 8.63. The fourth-order valence-corrected chi connectivity index (χ4v) is 4.76. The van der Waals surface area contributed by atoms with E-state index in [1.54, 1.807) is 74.8 Å². The molecule has 0 spiro atoms. The molecule has 1 aliphatic rings. The van der Waals surface area contributed by atoms with E-state index in [4.69, 9.17) is 4.74 Å². The summed E-state index contributed by atoms with van der Waals surface area (Å²) >= 11 is 0. The van der Waals surface area contributed by atoms with E-state index in [0.29, 0.717) is 41.2 Å². The second kappa shape index (κ2) is 12.4. The summed E-state index contributed by atoms with van der Waals surface area (Å²) < 4.78 is 62.2. The first-order valence-electron chi connectivity index (χ1n) is 13.7. The first-order valence-corrected chi connectivity index (χ1v) is 13.7. The van der Waals surface area contributed by atoms with Crippen molar-refractivity contribution in [2.75, 3.05) is 27.2 Å². The molecule has 7 nitrogen and oxygen atoms in total. The number of amides is 1. The Hall–Kier alpha value is -4.51. The SMILES string of the molecule is CN(C)C(=O)C=CCNC1(COc2ccc(/C(=C(/CC(F)(F)F)c3ccccc3)c3ccc4[nH]nc(F)c4c3)cn2)CC1. The number of aromatic amines is 1. The van der Waals surface area contributed by atoms with Gasteiger partial charge in [-0.2, -0.15) is 17.6 Å². The van der Waals surface area contributed by atoms with Crippen molar-refractivity contribution in [2.24, 2.45) is 0 Å². The number of nitrogens with one attached hydrogen (secondary N) is 2. The predicted octanol–water partition coefficient (Wildman–Crippen LogP) is 6.15. The van der Waals surface area contributed by atoms with Gasteiger partial charge in [0.05, 0.1) is 22.9 Å². The standard InChI is InChI=1S/C32H31F4N5O2/c1-41(2)28(42)9-6-16-38-31(14-15-31)20-43-27-13-11-23(19-37-27)29(22-10-12-26-24(17-22)30(33)40-39-26)25(18-32(34,35)36)21-7-4-3-5-8-21/h3-13,17,19,38H,14-16,18,20H2,1-2H3,(H,39,40)/b9-6?,29-25-. The van der Waals surface area contributed by atoms with Crippen LogP contribution in [0.1, 0.15) is 36.0 Å². The molecule has 2 N–H and O–H groups in total. The van der Waals surface area contributed by atoms with Crippen LogP contribution in [0.2, 0.25) is 0 Å². The molecule has 1 aliphatic carbocycles. The van der Waals surface area contributed by atoms with Gasteiger partial charge in [0.25, 0.3) is 0 Å². The van der Waals surface area contributed by atoms with Crippen LogP contribution in [-0.2, 0) is 4.79 Å². The molecule has 0 aliphatic heterocycles. The molecule has 1 amide bonds. The van der Waals surface area contributed by atoms with Gasteiger partial charge in [0.15, 0.2) is 0 Å². The second-order valence-corrected chi connectivity index (χ2v) is 10.8. The van der Waals surface area contributed by atoms with Crippen molar-refractivity contribution in [3.05, 3.63) is 102 Å². The van der Waals surface area contributed by atoms with E-state index in [1.807, 2.05) is 0 Å². The Morgan fingerprint density at radius 3 is 2.47 bits per heavy atom. The molecule has 43 heavy (non-hydrogen) atoms. The Labute approximate surface area is 246 Å². The molecular weight excluding hydrogens is 562 g/mol. The molecule has 2 heterocycles. The molecule has 0 bridgehead atoms. The van der Waals surface area contributed by atoms with Crippen molar-refractivity contribution < 1.29 is 27.1 Å². The summed E-state index contributed by atoms with van der Waals surface area (Å²) in [5, 5.41) is 9.73. The van der Waals surface area contributed by atoms with Gasteiger partial charge in [-0.1, -0.05) is 42.5 Å². The van der Waals surface area contributed by atoms with Crippen molar-refractivity contribution in [1.29, 1.82) is 0 Å². The summed E-state index contributed by atoms with van der Waals surface area (Å²) in [6.07, 6.45) is 0.856. The molecule has 5 rings (SSSR count). The van der Waals surface area contributed by atoms with E-state index >= 15 is 0 Å². The maximum absolute atomic E-state index is 14.4. The van der Waals surface area contributed by atoms with Crippen LogP contribution in [-0.4, -0.2) is 65.0 Å². The number of pyridine rings is 1. The van der Waals surface area contributed by atoms with Gasteiger partial charge in [0, 0.05) is 44.5 Å². The Bertz CT molecular complexity index is 1640. The van der Waals surface area contributed by atoms with E-state index in [2.05, 4.69) is 20.5 Å². The van der Waals surface area contributed by atoms with Crippen molar-refractivity contribution in [3.8, 4) is 5.88 Å². The van der Waals surface area contributed by atoms with Crippen LogP contribution in [0.15, 0.2) is 79.0 Å². The molecule has 4 aromatic rings. The molecule has 2 aromatic heterocycles. The Morgan fingerprint density at radius 2 is 1.81 bits per heavy atom. The zero-order valence-electron chi connectivity index (χ0n) is 23.7. The fraction of sp³-hybridized carbons (Fsp3) is 0.281. The lowest BCUT2D eigenvalue weighted by molar-refractivity contribution is -0.124. The summed E-state index contributed by atoms with van der Waals surface area (Å²) in [4.78, 5) is 17.6. The van der Waals surface area contributed by atoms with Crippen LogP contribution < -0.4 is 10.1 Å². The van der Waals surface area contributed by atoms with Gasteiger partial charge in [0.1, 0.15) is 6.61 Å². The minimum absolute atomic E-state index is 0.0359. The number of carbonyl (C=O) groups is 1. The van der Waals surface area contributed by atoms with Crippen LogP contribution in [0.4, 0.5) is 17.6 Å². The number of ether oxygens (including phenoxy) is 1. The van der Waals surface area contributed by atoms with Gasteiger partial charge >= 0.3 is 6.18 Å². The van der Waals surface area contributed by atoms with Crippen molar-refractivity contribution in [2.45, 2.75) is 31.0 Å². The first kappa shape index (κ1) is 30.0. The van der Waals surface area contributed by atoms with Crippen LogP contribution in [0.3, 0.4) is 0 Å². The minimum Gasteiger partial charge on any atom is -0.476 e. The largest absolute Gasteiger partial charge is 0.476 e. The summed E-state index contributed by atoms with van der Waals surface area (Å²) in [7, 11) is 3.37. The third-order valence-corrected chi connectivity index (χ3v) is 7.28. The lowest BCUT2D eigenvalue weighted by atomic mass is 9.88. The third kappa shape index (κ3) is 7.47. The van der Waals surface area contributed by atoms with Gasteiger partial charge in [-0.15, -0.1) is 5.10 Å². The smallest absolute Gasteiger partial charge is 0.393 e. The fourth-order valence-electron chi connectivity index (χ4n) is 4.76. The van der Waals surface area contributed by atoms with E-state index in [-0.39, 0.29) is 28.0 Å². The topological polar surface area (TPSA) is 83.1 Å². The van der Waals surface area contributed by atoms with E-state index in [9.17, 15) is 22.4 Å². The van der Waals surface area contributed by atoms with Crippen molar-refractivity contribution in [1.82, 2.24) is 25.4 Å². The number of alkyl halides is 3. The van der Waals surface area contributed by atoms with Crippen LogP contribution in [0.25, 0.3) is 22.0 Å². The average molecular weight is 594 g/mol. The molecule has 0 atom stereocenters. The Balaban J connectivity index is 1.43. The number of likely N-dealkylation sites (N-methyl/N-ethyl adjacent to an activating group) is 1. The number of allylic oxidation sites excluding steroid dienone is 1. The normalized spacial score (nSPS) is 15.0. The Morgan fingerprint density at radius 1 is 1.07 bits per heavy atom. The minimum atomic E-state index is -4.50. The number of carbonyl (C=O) groups excluding carboxylic acids is 1. The number of nitrogens with zero attached hydrogens (tertiary/aromatic N) is 3. The van der Waals surface area contributed by atoms with Gasteiger partial charge in [0.2, 0.25) is 17.7 Å². The molecule has 11 heteroatoms. The zero-order valence-corrected chi connectivity index (χ0v) is 23.7. The van der Waals surface area contributed by atoms with Crippen LogP contribution in [0, 0.1) is 5.95 Å². The average Bonchev–Trinajstić information content (AvgIpc) is 3.67. The molecule has 0 saturated heterocycles. The zero-order chi connectivity index (χ0) is 30.6. The quantitative estimate of drug-likeness (QED) is 0.124. The molecule has 0 unspecified atom stereocenters. The summed E-state index contributed by atoms with van der Waals surface area (Å²) in [5.41, 5.74) is 1.74. The number of fused-ring (bicyclic) bond motifs is 1. The summed E-state index contributed by atoms with van der Waals surface area (Å²) in [6, 6.07) is 16.3. The number of halogens is 4. The van der Waals surface area contributed by atoms with E-state index in [1.165, 1.54) is 23.2 Å². The molecule has 1 saturated carbocycles. The van der Waals surface area contributed by atoms with E-state index < -0.39 is 18.5 Å². The monoisotopic (exact) mass is 593 g/mol. The van der Waals surface area contributed by atoms with Crippen molar-refractivity contribution >= 4 is 28.0 Å². The highest BCUT2D eigenvalue weighted by molar-refractivity contribution is 6.00. The second-order valence-electron chi connectivity index (χ2n) is 10.8. The maximum Gasteiger partial charge on any atom is 0.393 e. The van der Waals surface area contributed by atoms with Gasteiger partial charge < -0.3 is 15.0 Å². The number of H-pyrrole nitrogens is 1. The van der Waals surface area contributed by atoms with E-state index in [0.717, 1.165) is 12.8 Å². The molecule has 1 fully saturated rings. The van der Waals surface area contributed by atoms with Gasteiger partial charge in [-0.25, -0.2) is 4.98 Å². The maximum atomic E-state index is 14.4. The number of rotatable bonds is 11. The number of hydrogen-bond acceptors (Lipinski definition) is 5. The molecule has 2 aromatic carbocycles. The summed E-state index contributed by atoms with van der Waals surface area (Å²) in [5.74, 6) is -0.512. The van der Waals surface area contributed by atoms with Crippen LogP contribution >= 0.6 is 0 Å². The van der Waals surface area contributed by atoms with Crippen LogP contribution in [0.5, 0.6) is 5.88 Å². The highest BCUT2D eigenvalue weighted by atomic mass is 19.4. The number of benzene rings is 2. The highest BCUT2D eigenvalue weighted by Crippen LogP contribution is 2.40. The summed E-state index contributed by atoms with van der Waals surface area (Å²) in [6.45, 7) is 0.851. The highest BCUT2D eigenvalue weighted by Gasteiger charge is 2.43. The predicted molar refractivity (Wildman–Crippen MR) is 157 cm³/mol. The van der Waals surface area contributed by atoms with Crippen molar-refractivity contribution in [3.63, 3.8) is 0 Å². The first-order chi connectivity index (χ1) is 20.5. The number of hydrogen-bond donors (Lipinski definition) is 2. The third-order valence-electron chi connectivity index (χ3n) is 7.28. The molecule has 224 valence electrons. The van der Waals surface area contributed by atoms with Gasteiger partial charge in [-0.3, -0.25) is 9.89 Å².